The molecular weight excluding hydrogens is 343 g/mol. The second-order valence-electron chi connectivity index (χ2n) is 6.32. The molecule has 1 saturated heterocycles. The van der Waals surface area contributed by atoms with Crippen LogP contribution in [0.3, 0.4) is 0 Å². The molecule has 5 nitrogen and oxygen atoms in total. The molecule has 0 amide bonds. The molecular formula is C18H22F3N5. The third-order valence-corrected chi connectivity index (χ3v) is 4.50. The quantitative estimate of drug-likeness (QED) is 0.883. The molecule has 0 saturated carbocycles. The molecule has 2 heterocycles. The summed E-state index contributed by atoms with van der Waals surface area (Å²) in [5.74, 6) is 0.610. The summed E-state index contributed by atoms with van der Waals surface area (Å²) in [6.07, 6.45) is -0.209. The Hall–Kier alpha value is -2.19. The molecule has 0 atom stereocenters. The fourth-order valence-corrected chi connectivity index (χ4v) is 3.00. The van der Waals surface area contributed by atoms with Gasteiger partial charge in [0, 0.05) is 44.1 Å². The fraction of sp³-hybridized carbons (Fsp3) is 0.444. The lowest BCUT2D eigenvalue weighted by Crippen LogP contribution is -2.47. The Labute approximate surface area is 150 Å². The average molecular weight is 365 g/mol. The van der Waals surface area contributed by atoms with Crippen molar-refractivity contribution in [2.45, 2.75) is 12.6 Å². The van der Waals surface area contributed by atoms with Gasteiger partial charge in [-0.25, -0.2) is 9.97 Å². The minimum Gasteiger partial charge on any atom is -0.338 e. The maximum atomic E-state index is 12.9. The van der Waals surface area contributed by atoms with Crippen LogP contribution < -0.4 is 10.6 Å². The van der Waals surface area contributed by atoms with Gasteiger partial charge in [0.1, 0.15) is 0 Å². The van der Waals surface area contributed by atoms with Crippen molar-refractivity contribution in [1.29, 1.82) is 0 Å². The van der Waals surface area contributed by atoms with Gasteiger partial charge in [0.05, 0.1) is 5.56 Å². The van der Waals surface area contributed by atoms with Crippen molar-refractivity contribution in [2.24, 2.45) is 5.73 Å². The smallest absolute Gasteiger partial charge is 0.338 e. The zero-order valence-electron chi connectivity index (χ0n) is 14.4. The van der Waals surface area contributed by atoms with E-state index in [0.717, 1.165) is 51.3 Å². The number of hydrogen-bond acceptors (Lipinski definition) is 5. The number of nitrogens with two attached hydrogens (primary N) is 1. The zero-order valence-corrected chi connectivity index (χ0v) is 14.4. The van der Waals surface area contributed by atoms with E-state index >= 15 is 0 Å². The summed E-state index contributed by atoms with van der Waals surface area (Å²) in [4.78, 5) is 13.2. The Morgan fingerprint density at radius 3 is 2.31 bits per heavy atom. The molecule has 26 heavy (non-hydrogen) atoms. The molecule has 0 unspecified atom stereocenters. The lowest BCUT2D eigenvalue weighted by molar-refractivity contribution is -0.137. The average Bonchev–Trinajstić information content (AvgIpc) is 2.66. The number of benzene rings is 1. The molecule has 1 fully saturated rings. The van der Waals surface area contributed by atoms with Crippen LogP contribution in [0.1, 0.15) is 12.0 Å². The summed E-state index contributed by atoms with van der Waals surface area (Å²) >= 11 is 0. The highest BCUT2D eigenvalue weighted by atomic mass is 19.4. The SMILES string of the molecule is NCCCN1CCN(c2ncc(-c3cccc(C(F)(F)F)c3)cn2)CC1. The van der Waals surface area contributed by atoms with Crippen LogP contribution in [0, 0.1) is 0 Å². The van der Waals surface area contributed by atoms with Crippen LogP contribution in [0.5, 0.6) is 0 Å². The van der Waals surface area contributed by atoms with Crippen molar-refractivity contribution >= 4 is 5.95 Å². The number of anilines is 1. The molecule has 140 valence electrons. The second-order valence-corrected chi connectivity index (χ2v) is 6.32. The van der Waals surface area contributed by atoms with E-state index in [9.17, 15) is 13.2 Å². The fourth-order valence-electron chi connectivity index (χ4n) is 3.00. The molecule has 2 N–H and O–H groups in total. The molecule has 1 aliphatic heterocycles. The summed E-state index contributed by atoms with van der Waals surface area (Å²) in [5, 5.41) is 0. The van der Waals surface area contributed by atoms with Crippen LogP contribution in [0.15, 0.2) is 36.7 Å². The number of halogens is 3. The van der Waals surface area contributed by atoms with Gasteiger partial charge < -0.3 is 10.6 Å². The van der Waals surface area contributed by atoms with E-state index in [1.165, 1.54) is 6.07 Å². The van der Waals surface area contributed by atoms with Crippen LogP contribution in [-0.4, -0.2) is 54.1 Å². The molecule has 8 heteroatoms. The van der Waals surface area contributed by atoms with E-state index < -0.39 is 11.7 Å². The van der Waals surface area contributed by atoms with Gasteiger partial charge in [-0.05, 0) is 37.2 Å². The number of hydrogen-bond donors (Lipinski definition) is 1. The Bertz CT molecular complexity index is 710. The van der Waals surface area contributed by atoms with Crippen LogP contribution in [-0.2, 0) is 6.18 Å². The Morgan fingerprint density at radius 2 is 1.69 bits per heavy atom. The number of rotatable bonds is 5. The molecule has 0 radical (unpaired) electrons. The Morgan fingerprint density at radius 1 is 1.00 bits per heavy atom. The maximum Gasteiger partial charge on any atom is 0.416 e. The summed E-state index contributed by atoms with van der Waals surface area (Å²) < 4.78 is 38.6. The van der Waals surface area contributed by atoms with E-state index in [1.54, 1.807) is 18.5 Å². The predicted molar refractivity (Wildman–Crippen MR) is 94.8 cm³/mol. The monoisotopic (exact) mass is 365 g/mol. The molecule has 1 aromatic heterocycles. The van der Waals surface area contributed by atoms with Crippen molar-refractivity contribution < 1.29 is 13.2 Å². The first-order valence-corrected chi connectivity index (χ1v) is 8.64. The summed E-state index contributed by atoms with van der Waals surface area (Å²) in [5.41, 5.74) is 5.89. The van der Waals surface area contributed by atoms with E-state index in [-0.39, 0.29) is 0 Å². The van der Waals surface area contributed by atoms with E-state index in [0.29, 0.717) is 23.6 Å². The van der Waals surface area contributed by atoms with Crippen LogP contribution in [0.25, 0.3) is 11.1 Å². The zero-order chi connectivity index (χ0) is 18.6. The van der Waals surface area contributed by atoms with Crippen molar-refractivity contribution in [3.05, 3.63) is 42.2 Å². The molecule has 2 aromatic rings. The highest BCUT2D eigenvalue weighted by Gasteiger charge is 2.30. The third kappa shape index (κ3) is 4.50. The van der Waals surface area contributed by atoms with Gasteiger partial charge in [-0.3, -0.25) is 4.90 Å². The van der Waals surface area contributed by atoms with Gasteiger partial charge in [-0.1, -0.05) is 12.1 Å². The van der Waals surface area contributed by atoms with Gasteiger partial charge in [0.15, 0.2) is 0 Å². The number of piperazine rings is 1. The molecule has 0 aliphatic carbocycles. The minimum atomic E-state index is -4.36. The Balaban J connectivity index is 1.66. The maximum absolute atomic E-state index is 12.9. The molecule has 0 bridgehead atoms. The van der Waals surface area contributed by atoms with E-state index in [2.05, 4.69) is 19.8 Å². The Kier molecular flexibility index (Phi) is 5.73. The van der Waals surface area contributed by atoms with Gasteiger partial charge in [-0.2, -0.15) is 13.2 Å². The predicted octanol–water partition coefficient (Wildman–Crippen LogP) is 2.63. The van der Waals surface area contributed by atoms with Crippen molar-refractivity contribution in [3.63, 3.8) is 0 Å². The molecule has 3 rings (SSSR count). The molecule has 1 aliphatic rings. The van der Waals surface area contributed by atoms with Crippen molar-refractivity contribution in [3.8, 4) is 11.1 Å². The van der Waals surface area contributed by atoms with Gasteiger partial charge in [0.2, 0.25) is 5.95 Å². The van der Waals surface area contributed by atoms with Crippen molar-refractivity contribution in [2.75, 3.05) is 44.2 Å². The molecule has 1 aromatic carbocycles. The van der Waals surface area contributed by atoms with E-state index in [1.807, 2.05) is 0 Å². The second kappa shape index (κ2) is 8.01. The van der Waals surface area contributed by atoms with Gasteiger partial charge in [0.25, 0.3) is 0 Å². The minimum absolute atomic E-state index is 0.456. The highest BCUT2D eigenvalue weighted by Crippen LogP contribution is 2.32. The first-order chi connectivity index (χ1) is 12.5. The van der Waals surface area contributed by atoms with Gasteiger partial charge in [-0.15, -0.1) is 0 Å². The number of alkyl halides is 3. The first-order valence-electron chi connectivity index (χ1n) is 8.64. The number of aromatic nitrogens is 2. The summed E-state index contributed by atoms with van der Waals surface area (Å²) in [6, 6.07) is 5.20. The third-order valence-electron chi connectivity index (χ3n) is 4.50. The van der Waals surface area contributed by atoms with Crippen LogP contribution in [0.2, 0.25) is 0 Å². The standard InChI is InChI=1S/C18H22F3N5/c19-18(20,21)16-4-1-3-14(11-16)15-12-23-17(24-13-15)26-9-7-25(8-10-26)6-2-5-22/h1,3-4,11-13H,2,5-10,22H2. The summed E-state index contributed by atoms with van der Waals surface area (Å²) in [7, 11) is 0. The van der Waals surface area contributed by atoms with Crippen LogP contribution >= 0.6 is 0 Å². The highest BCUT2D eigenvalue weighted by molar-refractivity contribution is 5.63. The van der Waals surface area contributed by atoms with Crippen molar-refractivity contribution in [1.82, 2.24) is 14.9 Å². The first kappa shape index (κ1) is 18.6. The van der Waals surface area contributed by atoms with Crippen LogP contribution in [0.4, 0.5) is 19.1 Å². The topological polar surface area (TPSA) is 58.3 Å². The lowest BCUT2D eigenvalue weighted by Gasteiger charge is -2.34. The lowest BCUT2D eigenvalue weighted by atomic mass is 10.1. The summed E-state index contributed by atoms with van der Waals surface area (Å²) in [6.45, 7) is 5.21. The largest absolute Gasteiger partial charge is 0.416 e. The number of nitrogens with zero attached hydrogens (tertiary/aromatic N) is 4. The van der Waals surface area contributed by atoms with Gasteiger partial charge >= 0.3 is 6.18 Å². The normalized spacial score (nSPS) is 16.1. The molecule has 0 spiro atoms. The van der Waals surface area contributed by atoms with E-state index in [4.69, 9.17) is 5.73 Å².